The zero-order valence-corrected chi connectivity index (χ0v) is 13.7. The molecule has 2 unspecified atom stereocenters. The number of halogens is 1. The minimum atomic E-state index is -0.424. The van der Waals surface area contributed by atoms with Crippen molar-refractivity contribution in [3.05, 3.63) is 47.5 Å². The van der Waals surface area contributed by atoms with Crippen LogP contribution in [0.25, 0.3) is 0 Å². The molecule has 0 spiro atoms. The van der Waals surface area contributed by atoms with Crippen LogP contribution in [0.1, 0.15) is 39.2 Å². The average Bonchev–Trinajstić information content (AvgIpc) is 2.45. The van der Waals surface area contributed by atoms with Crippen LogP contribution in [-0.2, 0) is 5.54 Å². The van der Waals surface area contributed by atoms with Crippen LogP contribution in [0, 0.1) is 0 Å². The minimum absolute atomic E-state index is 0.289. The summed E-state index contributed by atoms with van der Waals surface area (Å²) in [6.07, 6.45) is 3.68. The monoisotopic (exact) mass is 294 g/mol. The van der Waals surface area contributed by atoms with E-state index in [9.17, 15) is 0 Å². The van der Waals surface area contributed by atoms with E-state index in [1.54, 1.807) is 0 Å². The quantitative estimate of drug-likeness (QED) is 0.729. The highest BCUT2D eigenvalue weighted by atomic mass is 35.5. The van der Waals surface area contributed by atoms with Crippen LogP contribution in [0.5, 0.6) is 0 Å². The lowest BCUT2D eigenvalue weighted by Crippen LogP contribution is -2.55. The van der Waals surface area contributed by atoms with Gasteiger partial charge in [0.2, 0.25) is 0 Å². The Hall–Kier alpha value is -0.830. The molecule has 0 saturated heterocycles. The lowest BCUT2D eigenvalue weighted by atomic mass is 9.78. The molecule has 2 atom stereocenters. The summed E-state index contributed by atoms with van der Waals surface area (Å²) in [5.41, 5.74) is 7.53. The number of nitrogens with zero attached hydrogens (tertiary/aromatic N) is 1. The zero-order valence-electron chi connectivity index (χ0n) is 12.9. The van der Waals surface area contributed by atoms with Crippen molar-refractivity contribution in [2.45, 2.75) is 45.2 Å². The van der Waals surface area contributed by atoms with Gasteiger partial charge in [0, 0.05) is 11.1 Å². The lowest BCUT2D eigenvalue weighted by Gasteiger charge is -2.43. The van der Waals surface area contributed by atoms with Crippen molar-refractivity contribution >= 4 is 11.6 Å². The fourth-order valence-corrected chi connectivity index (χ4v) is 3.18. The number of nitrogens with two attached hydrogens (primary N) is 1. The van der Waals surface area contributed by atoms with Gasteiger partial charge in [0.15, 0.2) is 0 Å². The number of hydrogen-bond donors (Lipinski definition) is 1. The van der Waals surface area contributed by atoms with E-state index in [0.29, 0.717) is 0 Å². The lowest BCUT2D eigenvalue weighted by molar-refractivity contribution is 0.125. The molecule has 0 aliphatic heterocycles. The summed E-state index contributed by atoms with van der Waals surface area (Å²) in [5, 5.41) is 0.741. The molecule has 1 aromatic rings. The first-order valence-electron chi connectivity index (χ1n) is 7.43. The molecule has 0 aliphatic carbocycles. The smallest absolute Gasteiger partial charge is 0.0601 e. The van der Waals surface area contributed by atoms with E-state index >= 15 is 0 Å². The Morgan fingerprint density at radius 1 is 1.25 bits per heavy atom. The van der Waals surface area contributed by atoms with Crippen LogP contribution in [-0.4, -0.2) is 24.0 Å². The van der Waals surface area contributed by atoms with Gasteiger partial charge in [-0.1, -0.05) is 50.6 Å². The van der Waals surface area contributed by atoms with E-state index < -0.39 is 5.54 Å². The summed E-state index contributed by atoms with van der Waals surface area (Å²) < 4.78 is 0. The number of benzene rings is 1. The fourth-order valence-electron chi connectivity index (χ4n) is 3.06. The van der Waals surface area contributed by atoms with Gasteiger partial charge in [0.25, 0.3) is 0 Å². The van der Waals surface area contributed by atoms with E-state index in [1.165, 1.54) is 0 Å². The second kappa shape index (κ2) is 7.82. The third kappa shape index (κ3) is 3.63. The standard InChI is InChI=1S/C17H27ClN2/c1-5-13-17(19,14-9-11-15(18)12-10-14)16(6-2)20(7-3)8-4/h5,9-12,16H,1,6-8,13,19H2,2-4H3. The first kappa shape index (κ1) is 17.2. The average molecular weight is 295 g/mol. The van der Waals surface area contributed by atoms with Gasteiger partial charge in [0.1, 0.15) is 0 Å². The van der Waals surface area contributed by atoms with Crippen molar-refractivity contribution in [3.8, 4) is 0 Å². The third-order valence-electron chi connectivity index (χ3n) is 4.10. The van der Waals surface area contributed by atoms with Gasteiger partial charge in [0.05, 0.1) is 5.54 Å². The van der Waals surface area contributed by atoms with Crippen molar-refractivity contribution in [1.82, 2.24) is 4.90 Å². The van der Waals surface area contributed by atoms with Crippen LogP contribution in [0.2, 0.25) is 5.02 Å². The normalized spacial score (nSPS) is 15.9. The van der Waals surface area contributed by atoms with Gasteiger partial charge < -0.3 is 5.73 Å². The Kier molecular flexibility index (Phi) is 6.74. The van der Waals surface area contributed by atoms with Crippen LogP contribution in [0.15, 0.2) is 36.9 Å². The highest BCUT2D eigenvalue weighted by Crippen LogP contribution is 2.32. The molecule has 0 fully saturated rings. The molecule has 0 aliphatic rings. The van der Waals surface area contributed by atoms with Crippen molar-refractivity contribution in [2.24, 2.45) is 5.73 Å². The summed E-state index contributed by atoms with van der Waals surface area (Å²) in [5.74, 6) is 0. The Bertz CT molecular complexity index is 412. The van der Waals surface area contributed by atoms with Crippen molar-refractivity contribution in [2.75, 3.05) is 13.1 Å². The topological polar surface area (TPSA) is 29.3 Å². The summed E-state index contributed by atoms with van der Waals surface area (Å²) >= 11 is 6.00. The summed E-state index contributed by atoms with van der Waals surface area (Å²) in [7, 11) is 0. The maximum Gasteiger partial charge on any atom is 0.0601 e. The van der Waals surface area contributed by atoms with Gasteiger partial charge >= 0.3 is 0 Å². The van der Waals surface area contributed by atoms with E-state index in [2.05, 4.69) is 32.3 Å². The summed E-state index contributed by atoms with van der Waals surface area (Å²) in [6, 6.07) is 8.19. The SMILES string of the molecule is C=CCC(N)(c1ccc(Cl)cc1)C(CC)N(CC)CC. The predicted octanol–water partition coefficient (Wildman–Crippen LogP) is 4.19. The highest BCUT2D eigenvalue weighted by Gasteiger charge is 2.37. The van der Waals surface area contributed by atoms with Crippen LogP contribution >= 0.6 is 11.6 Å². The molecule has 1 aromatic carbocycles. The summed E-state index contributed by atoms with van der Waals surface area (Å²) in [6.45, 7) is 12.5. The molecule has 2 nitrogen and oxygen atoms in total. The molecule has 112 valence electrons. The number of rotatable bonds is 8. The second-order valence-electron chi connectivity index (χ2n) is 5.19. The van der Waals surface area contributed by atoms with Crippen LogP contribution < -0.4 is 5.73 Å². The van der Waals surface area contributed by atoms with Crippen molar-refractivity contribution in [3.63, 3.8) is 0 Å². The molecule has 1 rings (SSSR count). The third-order valence-corrected chi connectivity index (χ3v) is 4.35. The maximum absolute atomic E-state index is 6.83. The highest BCUT2D eigenvalue weighted by molar-refractivity contribution is 6.30. The van der Waals surface area contributed by atoms with Crippen molar-refractivity contribution in [1.29, 1.82) is 0 Å². The maximum atomic E-state index is 6.83. The van der Waals surface area contributed by atoms with Gasteiger partial charge in [-0.2, -0.15) is 0 Å². The molecule has 0 radical (unpaired) electrons. The van der Waals surface area contributed by atoms with E-state index in [0.717, 1.165) is 36.5 Å². The second-order valence-corrected chi connectivity index (χ2v) is 5.62. The Balaban J connectivity index is 3.23. The molecular formula is C17H27ClN2. The Labute approximate surface area is 128 Å². The Morgan fingerprint density at radius 2 is 1.80 bits per heavy atom. The first-order valence-corrected chi connectivity index (χ1v) is 7.81. The van der Waals surface area contributed by atoms with Crippen LogP contribution in [0.3, 0.4) is 0 Å². The molecule has 0 saturated carbocycles. The zero-order chi connectivity index (χ0) is 15.2. The van der Waals surface area contributed by atoms with E-state index in [-0.39, 0.29) is 6.04 Å². The Morgan fingerprint density at radius 3 is 2.20 bits per heavy atom. The number of hydrogen-bond acceptors (Lipinski definition) is 2. The largest absolute Gasteiger partial charge is 0.320 e. The molecule has 2 N–H and O–H groups in total. The molecule has 3 heteroatoms. The van der Waals surface area contributed by atoms with Gasteiger partial charge in [-0.15, -0.1) is 6.58 Å². The van der Waals surface area contributed by atoms with Crippen LogP contribution in [0.4, 0.5) is 0 Å². The first-order chi connectivity index (χ1) is 9.53. The summed E-state index contributed by atoms with van der Waals surface area (Å²) in [4.78, 5) is 2.43. The number of likely N-dealkylation sites (N-methyl/N-ethyl adjacent to an activating group) is 1. The molecule has 0 amide bonds. The van der Waals surface area contributed by atoms with Gasteiger partial charge in [-0.3, -0.25) is 4.90 Å². The van der Waals surface area contributed by atoms with Gasteiger partial charge in [-0.05, 0) is 43.6 Å². The van der Waals surface area contributed by atoms with E-state index in [1.807, 2.05) is 30.3 Å². The fraction of sp³-hybridized carbons (Fsp3) is 0.529. The van der Waals surface area contributed by atoms with Crippen molar-refractivity contribution < 1.29 is 0 Å². The van der Waals surface area contributed by atoms with Gasteiger partial charge in [-0.25, -0.2) is 0 Å². The molecule has 0 aromatic heterocycles. The molecular weight excluding hydrogens is 268 g/mol. The molecule has 0 heterocycles. The minimum Gasteiger partial charge on any atom is -0.320 e. The van der Waals surface area contributed by atoms with E-state index in [4.69, 9.17) is 17.3 Å². The molecule has 20 heavy (non-hydrogen) atoms. The predicted molar refractivity (Wildman–Crippen MR) is 89.1 cm³/mol. The molecule has 0 bridgehead atoms.